The lowest BCUT2D eigenvalue weighted by Crippen LogP contribution is -2.02. The van der Waals surface area contributed by atoms with Gasteiger partial charge in [-0.05, 0) is 40.7 Å². The molecule has 94 valence electrons. The van der Waals surface area contributed by atoms with Gasteiger partial charge in [0.05, 0.1) is 0 Å². The molecular weight excluding hydrogens is 271 g/mol. The predicted octanol–water partition coefficient (Wildman–Crippen LogP) is 4.05. The summed E-state index contributed by atoms with van der Waals surface area (Å²) in [6, 6.07) is 7.95. The minimum Gasteiger partial charge on any atom is -0.324 e. The van der Waals surface area contributed by atoms with Crippen LogP contribution in [0.15, 0.2) is 24.3 Å². The number of para-hydroxylation sites is 1. The zero-order valence-electron chi connectivity index (χ0n) is 9.98. The number of hydrogen-bond donors (Lipinski definition) is 1. The van der Waals surface area contributed by atoms with Gasteiger partial charge in [-0.2, -0.15) is 15.0 Å². The molecule has 0 spiro atoms. The Balaban J connectivity index is 2.34. The van der Waals surface area contributed by atoms with E-state index >= 15 is 0 Å². The topological polar surface area (TPSA) is 50.7 Å². The molecule has 0 aliphatic carbocycles. The van der Waals surface area contributed by atoms with Gasteiger partial charge in [0.25, 0.3) is 0 Å². The summed E-state index contributed by atoms with van der Waals surface area (Å²) in [7, 11) is 0. The van der Waals surface area contributed by atoms with E-state index in [1.165, 1.54) is 5.56 Å². The predicted molar refractivity (Wildman–Crippen MR) is 73.7 cm³/mol. The molecule has 0 unspecified atom stereocenters. The summed E-state index contributed by atoms with van der Waals surface area (Å²) in [4.78, 5) is 11.7. The third-order valence-corrected chi connectivity index (χ3v) is 2.75. The quantitative estimate of drug-likeness (QED) is 0.923. The van der Waals surface area contributed by atoms with Crippen molar-refractivity contribution in [2.45, 2.75) is 19.8 Å². The van der Waals surface area contributed by atoms with Crippen molar-refractivity contribution in [2.75, 3.05) is 5.32 Å². The van der Waals surface area contributed by atoms with Gasteiger partial charge in [0.2, 0.25) is 16.5 Å². The second-order valence-electron chi connectivity index (χ2n) is 4.06. The summed E-state index contributed by atoms with van der Waals surface area (Å²) >= 11 is 11.5. The first-order valence-electron chi connectivity index (χ1n) is 5.49. The highest BCUT2D eigenvalue weighted by Gasteiger charge is 2.08. The Bertz CT molecular complexity index is 537. The highest BCUT2D eigenvalue weighted by Crippen LogP contribution is 2.26. The molecule has 0 amide bonds. The number of hydrogen-bond acceptors (Lipinski definition) is 4. The minimum absolute atomic E-state index is 0.0690. The van der Waals surface area contributed by atoms with Crippen molar-refractivity contribution >= 4 is 34.8 Å². The average molecular weight is 283 g/mol. The summed E-state index contributed by atoms with van der Waals surface area (Å²) < 4.78 is 0. The van der Waals surface area contributed by atoms with Crippen LogP contribution >= 0.6 is 23.2 Å². The van der Waals surface area contributed by atoms with Crippen LogP contribution in [0.3, 0.4) is 0 Å². The smallest absolute Gasteiger partial charge is 0.232 e. The molecule has 4 nitrogen and oxygen atoms in total. The number of nitrogens with zero attached hydrogens (tertiary/aromatic N) is 3. The lowest BCUT2D eigenvalue weighted by molar-refractivity contribution is 0.868. The Morgan fingerprint density at radius 1 is 1.00 bits per heavy atom. The van der Waals surface area contributed by atoms with Gasteiger partial charge in [0, 0.05) is 5.69 Å². The molecule has 0 fully saturated rings. The fourth-order valence-corrected chi connectivity index (χ4v) is 1.98. The Labute approximate surface area is 115 Å². The summed E-state index contributed by atoms with van der Waals surface area (Å²) in [6.07, 6.45) is 0. The van der Waals surface area contributed by atoms with E-state index in [9.17, 15) is 0 Å². The average Bonchev–Trinajstić information content (AvgIpc) is 2.27. The van der Waals surface area contributed by atoms with Crippen molar-refractivity contribution in [2.24, 2.45) is 0 Å². The van der Waals surface area contributed by atoms with Gasteiger partial charge in [-0.3, -0.25) is 0 Å². The van der Waals surface area contributed by atoms with Crippen molar-refractivity contribution < 1.29 is 0 Å². The Morgan fingerprint density at radius 3 is 2.22 bits per heavy atom. The molecule has 0 bridgehead atoms. The number of rotatable bonds is 3. The van der Waals surface area contributed by atoms with Crippen LogP contribution in [0.1, 0.15) is 25.3 Å². The molecule has 6 heteroatoms. The number of anilines is 2. The van der Waals surface area contributed by atoms with Gasteiger partial charge in [0.15, 0.2) is 0 Å². The first-order valence-corrected chi connectivity index (χ1v) is 6.25. The fourth-order valence-electron chi connectivity index (χ4n) is 1.62. The second kappa shape index (κ2) is 5.50. The molecule has 1 aromatic heterocycles. The van der Waals surface area contributed by atoms with Gasteiger partial charge in [-0.25, -0.2) is 0 Å². The highest BCUT2D eigenvalue weighted by atomic mass is 35.5. The SMILES string of the molecule is CC(C)c1ccccc1Nc1nc(Cl)nc(Cl)n1. The molecule has 0 atom stereocenters. The van der Waals surface area contributed by atoms with Gasteiger partial charge in [0.1, 0.15) is 0 Å². The molecule has 18 heavy (non-hydrogen) atoms. The molecule has 1 heterocycles. The standard InChI is InChI=1S/C12H12Cl2N4/c1-7(2)8-5-3-4-6-9(8)15-12-17-10(13)16-11(14)18-12/h3-7H,1-2H3,(H,15,16,17,18). The third-order valence-electron chi connectivity index (χ3n) is 2.41. The Morgan fingerprint density at radius 2 is 1.61 bits per heavy atom. The van der Waals surface area contributed by atoms with E-state index in [0.29, 0.717) is 11.9 Å². The Kier molecular flexibility index (Phi) is 3.99. The van der Waals surface area contributed by atoms with Crippen molar-refractivity contribution in [3.05, 3.63) is 40.4 Å². The largest absolute Gasteiger partial charge is 0.324 e. The molecule has 0 saturated carbocycles. The summed E-state index contributed by atoms with van der Waals surface area (Å²) in [5.41, 5.74) is 2.11. The van der Waals surface area contributed by atoms with E-state index in [-0.39, 0.29) is 10.6 Å². The van der Waals surface area contributed by atoms with Crippen LogP contribution in [0.2, 0.25) is 10.6 Å². The molecule has 1 N–H and O–H groups in total. The third kappa shape index (κ3) is 3.09. The highest BCUT2D eigenvalue weighted by molar-refractivity contribution is 6.31. The van der Waals surface area contributed by atoms with Gasteiger partial charge in [-0.1, -0.05) is 32.0 Å². The van der Waals surface area contributed by atoms with E-state index in [4.69, 9.17) is 23.2 Å². The van der Waals surface area contributed by atoms with Crippen LogP contribution in [0.5, 0.6) is 0 Å². The van der Waals surface area contributed by atoms with E-state index in [1.807, 2.05) is 18.2 Å². The first-order chi connectivity index (χ1) is 8.56. The molecule has 2 rings (SSSR count). The normalized spacial score (nSPS) is 10.7. The fraction of sp³-hybridized carbons (Fsp3) is 0.250. The lowest BCUT2D eigenvalue weighted by Gasteiger charge is -2.13. The number of benzene rings is 1. The summed E-state index contributed by atoms with van der Waals surface area (Å²) in [5.74, 6) is 0.731. The molecular formula is C12H12Cl2N4. The zero-order valence-corrected chi connectivity index (χ0v) is 11.5. The molecule has 0 aliphatic rings. The summed E-state index contributed by atoms with van der Waals surface area (Å²) in [5, 5.41) is 3.24. The molecule has 1 aromatic carbocycles. The zero-order chi connectivity index (χ0) is 13.1. The van der Waals surface area contributed by atoms with Gasteiger partial charge in [-0.15, -0.1) is 0 Å². The Hall–Kier alpha value is -1.39. The molecule has 0 saturated heterocycles. The second-order valence-corrected chi connectivity index (χ2v) is 4.74. The molecule has 0 aliphatic heterocycles. The maximum absolute atomic E-state index is 5.73. The molecule has 2 aromatic rings. The van der Waals surface area contributed by atoms with Crippen LogP contribution in [-0.4, -0.2) is 15.0 Å². The van der Waals surface area contributed by atoms with E-state index in [0.717, 1.165) is 5.69 Å². The van der Waals surface area contributed by atoms with E-state index < -0.39 is 0 Å². The number of nitrogens with one attached hydrogen (secondary N) is 1. The van der Waals surface area contributed by atoms with Crippen LogP contribution in [-0.2, 0) is 0 Å². The van der Waals surface area contributed by atoms with Crippen molar-refractivity contribution in [3.63, 3.8) is 0 Å². The lowest BCUT2D eigenvalue weighted by atomic mass is 10.0. The van der Waals surface area contributed by atoms with Gasteiger partial charge >= 0.3 is 0 Å². The van der Waals surface area contributed by atoms with Crippen LogP contribution in [0.4, 0.5) is 11.6 Å². The number of halogens is 2. The van der Waals surface area contributed by atoms with Gasteiger partial charge < -0.3 is 5.32 Å². The molecule has 0 radical (unpaired) electrons. The summed E-state index contributed by atoms with van der Waals surface area (Å²) in [6.45, 7) is 4.24. The first kappa shape index (κ1) is 13.1. The van der Waals surface area contributed by atoms with Crippen LogP contribution < -0.4 is 5.32 Å². The maximum Gasteiger partial charge on any atom is 0.232 e. The van der Waals surface area contributed by atoms with E-state index in [2.05, 4.69) is 40.2 Å². The van der Waals surface area contributed by atoms with Crippen molar-refractivity contribution in [1.82, 2.24) is 15.0 Å². The van der Waals surface area contributed by atoms with Crippen LogP contribution in [0.25, 0.3) is 0 Å². The minimum atomic E-state index is 0.0690. The van der Waals surface area contributed by atoms with Crippen molar-refractivity contribution in [1.29, 1.82) is 0 Å². The number of aromatic nitrogens is 3. The van der Waals surface area contributed by atoms with Crippen LogP contribution in [0, 0.1) is 0 Å². The maximum atomic E-state index is 5.73. The van der Waals surface area contributed by atoms with E-state index in [1.54, 1.807) is 0 Å². The monoisotopic (exact) mass is 282 g/mol. The van der Waals surface area contributed by atoms with Crippen molar-refractivity contribution in [3.8, 4) is 0 Å².